The first-order chi connectivity index (χ1) is 8.16. The van der Waals surface area contributed by atoms with E-state index < -0.39 is 0 Å². The van der Waals surface area contributed by atoms with E-state index in [2.05, 4.69) is 47.1 Å². The van der Waals surface area contributed by atoms with Crippen LogP contribution >= 0.6 is 31.9 Å². The van der Waals surface area contributed by atoms with Gasteiger partial charge in [-0.1, -0.05) is 15.9 Å². The summed E-state index contributed by atoms with van der Waals surface area (Å²) < 4.78 is 1.50. The summed E-state index contributed by atoms with van der Waals surface area (Å²) >= 11 is 6.58. The number of hydrogen-bond donors (Lipinski definition) is 1. The summed E-state index contributed by atoms with van der Waals surface area (Å²) in [5, 5.41) is 2.67. The van der Waals surface area contributed by atoms with Gasteiger partial charge in [-0.25, -0.2) is 9.97 Å². The van der Waals surface area contributed by atoms with Crippen molar-refractivity contribution in [1.82, 2.24) is 9.97 Å². The van der Waals surface area contributed by atoms with Crippen LogP contribution in [0.5, 0.6) is 0 Å². The zero-order valence-electron chi connectivity index (χ0n) is 8.52. The van der Waals surface area contributed by atoms with Gasteiger partial charge in [0.1, 0.15) is 11.5 Å². The molecule has 0 radical (unpaired) electrons. The van der Waals surface area contributed by atoms with Crippen molar-refractivity contribution < 1.29 is 4.79 Å². The van der Waals surface area contributed by atoms with E-state index >= 15 is 0 Å². The Morgan fingerprint density at radius 3 is 2.71 bits per heavy atom. The Kier molecular flexibility index (Phi) is 3.86. The molecule has 1 amide bonds. The highest BCUT2D eigenvalue weighted by Crippen LogP contribution is 2.16. The SMILES string of the molecule is O=C(Nc1cc(Br)ccn1)c1ncccc1Br. The molecule has 6 heteroatoms. The topological polar surface area (TPSA) is 54.9 Å². The average Bonchev–Trinajstić information content (AvgIpc) is 2.29. The molecule has 0 fully saturated rings. The summed E-state index contributed by atoms with van der Waals surface area (Å²) in [7, 11) is 0. The molecular weight excluding hydrogens is 350 g/mol. The fourth-order valence-corrected chi connectivity index (χ4v) is 1.97. The lowest BCUT2D eigenvalue weighted by Gasteiger charge is -2.05. The molecule has 0 saturated carbocycles. The lowest BCUT2D eigenvalue weighted by atomic mass is 10.3. The van der Waals surface area contributed by atoms with Crippen LogP contribution in [0.25, 0.3) is 0 Å². The fraction of sp³-hybridized carbons (Fsp3) is 0. The third kappa shape index (κ3) is 3.10. The van der Waals surface area contributed by atoms with E-state index in [0.717, 1.165) is 4.47 Å². The number of nitrogens with one attached hydrogen (secondary N) is 1. The van der Waals surface area contributed by atoms with E-state index in [-0.39, 0.29) is 5.91 Å². The predicted octanol–water partition coefficient (Wildman–Crippen LogP) is 3.25. The minimum Gasteiger partial charge on any atom is -0.305 e. The number of aromatic nitrogens is 2. The molecule has 0 atom stereocenters. The van der Waals surface area contributed by atoms with E-state index in [4.69, 9.17) is 0 Å². The number of carbonyl (C=O) groups excluding carboxylic acids is 1. The maximum Gasteiger partial charge on any atom is 0.276 e. The molecule has 2 aromatic rings. The Hall–Kier alpha value is -1.27. The van der Waals surface area contributed by atoms with Crippen LogP contribution < -0.4 is 5.32 Å². The molecule has 0 bridgehead atoms. The largest absolute Gasteiger partial charge is 0.305 e. The van der Waals surface area contributed by atoms with Crippen LogP contribution in [0.15, 0.2) is 45.6 Å². The number of nitrogens with zero attached hydrogens (tertiary/aromatic N) is 2. The number of anilines is 1. The van der Waals surface area contributed by atoms with Gasteiger partial charge in [0.25, 0.3) is 5.91 Å². The second kappa shape index (κ2) is 5.37. The first kappa shape index (κ1) is 12.2. The summed E-state index contributed by atoms with van der Waals surface area (Å²) in [4.78, 5) is 19.9. The molecule has 0 aromatic carbocycles. The highest BCUT2D eigenvalue weighted by atomic mass is 79.9. The maximum absolute atomic E-state index is 11.9. The molecule has 2 rings (SSSR count). The van der Waals surface area contributed by atoms with Crippen LogP contribution in [0.2, 0.25) is 0 Å². The number of halogens is 2. The zero-order valence-corrected chi connectivity index (χ0v) is 11.7. The number of hydrogen-bond acceptors (Lipinski definition) is 3. The van der Waals surface area contributed by atoms with Crippen molar-refractivity contribution in [1.29, 1.82) is 0 Å². The molecule has 0 aliphatic carbocycles. The second-order valence-corrected chi connectivity index (χ2v) is 4.92. The Labute approximate surface area is 115 Å². The minimum absolute atomic E-state index is 0.303. The van der Waals surface area contributed by atoms with Crippen molar-refractivity contribution in [3.05, 3.63) is 51.3 Å². The quantitative estimate of drug-likeness (QED) is 0.898. The van der Waals surface area contributed by atoms with E-state index in [1.54, 1.807) is 36.7 Å². The van der Waals surface area contributed by atoms with Gasteiger partial charge in [0.2, 0.25) is 0 Å². The van der Waals surface area contributed by atoms with Gasteiger partial charge in [-0.3, -0.25) is 4.79 Å². The summed E-state index contributed by atoms with van der Waals surface area (Å²) in [6.45, 7) is 0. The van der Waals surface area contributed by atoms with Crippen LogP contribution in [0, 0.1) is 0 Å². The molecule has 1 N–H and O–H groups in total. The minimum atomic E-state index is -0.303. The van der Waals surface area contributed by atoms with Crippen molar-refractivity contribution in [2.45, 2.75) is 0 Å². The highest BCUT2D eigenvalue weighted by Gasteiger charge is 2.11. The Morgan fingerprint density at radius 1 is 1.18 bits per heavy atom. The molecule has 2 aromatic heterocycles. The van der Waals surface area contributed by atoms with E-state index in [1.165, 1.54) is 0 Å². The van der Waals surface area contributed by atoms with Crippen LogP contribution in [-0.4, -0.2) is 15.9 Å². The van der Waals surface area contributed by atoms with Crippen LogP contribution in [-0.2, 0) is 0 Å². The van der Waals surface area contributed by atoms with Crippen molar-refractivity contribution in [3.8, 4) is 0 Å². The van der Waals surface area contributed by atoms with Crippen molar-refractivity contribution in [2.24, 2.45) is 0 Å². The van der Waals surface area contributed by atoms with Crippen molar-refractivity contribution in [2.75, 3.05) is 5.32 Å². The first-order valence-corrected chi connectivity index (χ1v) is 6.29. The Bertz CT molecular complexity index is 560. The molecule has 0 unspecified atom stereocenters. The van der Waals surface area contributed by atoms with E-state index in [1.807, 2.05) is 0 Å². The third-order valence-electron chi connectivity index (χ3n) is 1.94. The number of rotatable bonds is 2. The Morgan fingerprint density at radius 2 is 2.00 bits per heavy atom. The lowest BCUT2D eigenvalue weighted by molar-refractivity contribution is 0.102. The smallest absolute Gasteiger partial charge is 0.276 e. The molecule has 17 heavy (non-hydrogen) atoms. The normalized spacial score (nSPS) is 10.0. The number of amides is 1. The zero-order chi connectivity index (χ0) is 12.3. The third-order valence-corrected chi connectivity index (χ3v) is 3.07. The van der Waals surface area contributed by atoms with Crippen LogP contribution in [0.1, 0.15) is 10.5 Å². The summed E-state index contributed by atoms with van der Waals surface area (Å²) in [6, 6.07) is 7.01. The molecule has 0 aliphatic heterocycles. The predicted molar refractivity (Wildman–Crippen MR) is 71.8 cm³/mol. The molecule has 4 nitrogen and oxygen atoms in total. The summed E-state index contributed by atoms with van der Waals surface area (Å²) in [6.07, 6.45) is 3.17. The summed E-state index contributed by atoms with van der Waals surface area (Å²) in [5.74, 6) is 0.171. The van der Waals surface area contributed by atoms with Gasteiger partial charge in [0.05, 0.1) is 0 Å². The Balaban J connectivity index is 2.20. The molecular formula is C11H7Br2N3O. The van der Waals surface area contributed by atoms with Crippen LogP contribution in [0.4, 0.5) is 5.82 Å². The average molecular weight is 357 g/mol. The van der Waals surface area contributed by atoms with Gasteiger partial charge in [-0.2, -0.15) is 0 Å². The van der Waals surface area contributed by atoms with E-state index in [0.29, 0.717) is 16.0 Å². The molecule has 0 spiro atoms. The van der Waals surface area contributed by atoms with Crippen LogP contribution in [0.3, 0.4) is 0 Å². The van der Waals surface area contributed by atoms with Gasteiger partial charge >= 0.3 is 0 Å². The highest BCUT2D eigenvalue weighted by molar-refractivity contribution is 9.10. The van der Waals surface area contributed by atoms with Gasteiger partial charge in [-0.15, -0.1) is 0 Å². The van der Waals surface area contributed by atoms with Gasteiger partial charge in [0, 0.05) is 21.3 Å². The van der Waals surface area contributed by atoms with Gasteiger partial charge in [-0.05, 0) is 40.2 Å². The monoisotopic (exact) mass is 355 g/mol. The van der Waals surface area contributed by atoms with Crippen molar-refractivity contribution in [3.63, 3.8) is 0 Å². The van der Waals surface area contributed by atoms with Crippen molar-refractivity contribution >= 4 is 43.6 Å². The molecule has 0 aliphatic rings. The first-order valence-electron chi connectivity index (χ1n) is 4.70. The second-order valence-electron chi connectivity index (χ2n) is 3.15. The lowest BCUT2D eigenvalue weighted by Crippen LogP contribution is -2.15. The summed E-state index contributed by atoms with van der Waals surface area (Å²) in [5.41, 5.74) is 0.328. The molecule has 2 heterocycles. The molecule has 86 valence electrons. The number of pyridine rings is 2. The molecule has 0 saturated heterocycles. The van der Waals surface area contributed by atoms with Gasteiger partial charge in [0.15, 0.2) is 0 Å². The maximum atomic E-state index is 11.9. The van der Waals surface area contributed by atoms with E-state index in [9.17, 15) is 4.79 Å². The fourth-order valence-electron chi connectivity index (χ4n) is 1.20. The number of carbonyl (C=O) groups is 1. The standard InChI is InChI=1S/C11H7Br2N3O/c12-7-3-5-14-9(6-7)16-11(17)10-8(13)2-1-4-15-10/h1-6H,(H,14,16,17). The van der Waals surface area contributed by atoms with Gasteiger partial charge < -0.3 is 5.32 Å².